The van der Waals surface area contributed by atoms with E-state index in [4.69, 9.17) is 5.11 Å². The first kappa shape index (κ1) is 37.0. The molecule has 0 aliphatic carbocycles. The molecule has 0 amide bonds. The Morgan fingerprint density at radius 1 is 0.324 bits per heavy atom. The Kier molecular flexibility index (Phi) is 34.0. The summed E-state index contributed by atoms with van der Waals surface area (Å²) in [4.78, 5) is 0. The molecule has 0 aromatic rings. The highest BCUT2D eigenvalue weighted by atomic mass is 16.2. The summed E-state index contributed by atoms with van der Waals surface area (Å²) in [6, 6.07) is 0. The van der Waals surface area contributed by atoms with Gasteiger partial charge in [-0.1, -0.05) is 213 Å². The van der Waals surface area contributed by atoms with Crippen molar-refractivity contribution in [2.45, 2.75) is 219 Å². The van der Waals surface area contributed by atoms with E-state index in [1.807, 2.05) is 0 Å². The molecule has 0 aliphatic heterocycles. The zero-order valence-corrected chi connectivity index (χ0v) is 26.4. The third kappa shape index (κ3) is 32.1. The highest BCUT2D eigenvalue weighted by Gasteiger charge is 2.06. The van der Waals surface area contributed by atoms with E-state index in [0.717, 1.165) is 12.3 Å². The molecule has 0 aromatic heterocycles. The van der Waals surface area contributed by atoms with Gasteiger partial charge in [0, 0.05) is 6.61 Å². The van der Waals surface area contributed by atoms with E-state index in [1.54, 1.807) is 0 Å². The number of hydrogen-bond acceptors (Lipinski definition) is 1. The van der Waals surface area contributed by atoms with Gasteiger partial charge in [-0.2, -0.15) is 0 Å². The fraction of sp³-hybridized carbons (Fsp3) is 1.00. The predicted molar refractivity (Wildman–Crippen MR) is 170 cm³/mol. The fourth-order valence-electron chi connectivity index (χ4n) is 6.02. The summed E-state index contributed by atoms with van der Waals surface area (Å²) in [5.41, 5.74) is 0. The van der Waals surface area contributed by atoms with Crippen LogP contribution in [0.4, 0.5) is 0 Å². The van der Waals surface area contributed by atoms with Gasteiger partial charge in [0.25, 0.3) is 0 Å². The Morgan fingerprint density at radius 2 is 0.568 bits per heavy atom. The third-order valence-electron chi connectivity index (χ3n) is 8.81. The van der Waals surface area contributed by atoms with Crippen LogP contribution in [-0.4, -0.2) is 11.7 Å². The van der Waals surface area contributed by atoms with Crippen molar-refractivity contribution in [1.29, 1.82) is 0 Å². The van der Waals surface area contributed by atoms with Crippen LogP contribution >= 0.6 is 0 Å². The maximum atomic E-state index is 8.80. The monoisotopic (exact) mass is 523 g/mol. The summed E-state index contributed by atoms with van der Waals surface area (Å²) in [6.45, 7) is 5.10. The average molecular weight is 523 g/mol. The van der Waals surface area contributed by atoms with Gasteiger partial charge < -0.3 is 5.11 Å². The van der Waals surface area contributed by atoms with Crippen LogP contribution in [0, 0.1) is 5.92 Å². The van der Waals surface area contributed by atoms with E-state index in [-0.39, 0.29) is 0 Å². The fourth-order valence-corrected chi connectivity index (χ4v) is 6.02. The molecule has 0 rings (SSSR count). The zero-order chi connectivity index (χ0) is 26.9. The second-order valence-corrected chi connectivity index (χ2v) is 12.5. The molecule has 0 spiro atoms. The molecule has 1 nitrogen and oxygen atoms in total. The molecule has 37 heavy (non-hydrogen) atoms. The molecular formula is C36H74O. The van der Waals surface area contributed by atoms with Crippen molar-refractivity contribution >= 4 is 0 Å². The molecule has 0 saturated carbocycles. The summed E-state index contributed by atoms with van der Waals surface area (Å²) in [7, 11) is 0. The smallest absolute Gasteiger partial charge is 0.0431 e. The van der Waals surface area contributed by atoms with Crippen molar-refractivity contribution in [2.24, 2.45) is 5.92 Å². The molecule has 224 valence electrons. The molecule has 0 heterocycles. The zero-order valence-electron chi connectivity index (χ0n) is 26.4. The van der Waals surface area contributed by atoms with Gasteiger partial charge in [0.1, 0.15) is 0 Å². The molecule has 1 N–H and O–H groups in total. The average Bonchev–Trinajstić information content (AvgIpc) is 2.91. The Bertz CT molecular complexity index is 379. The predicted octanol–water partition coefficient (Wildman–Crippen LogP) is 13.1. The third-order valence-corrected chi connectivity index (χ3v) is 8.81. The first-order valence-electron chi connectivity index (χ1n) is 18.0. The van der Waals surface area contributed by atoms with Crippen molar-refractivity contribution in [1.82, 2.24) is 0 Å². The molecule has 1 atom stereocenters. The number of aliphatic hydroxyl groups excluding tert-OH is 1. The van der Waals surface area contributed by atoms with Crippen LogP contribution in [0.25, 0.3) is 0 Å². The number of rotatable bonds is 33. The lowest BCUT2D eigenvalue weighted by Crippen LogP contribution is -1.99. The summed E-state index contributed by atoms with van der Waals surface area (Å²) in [5.74, 6) is 1.01. The minimum atomic E-state index is 0.374. The highest BCUT2D eigenvalue weighted by molar-refractivity contribution is 4.59. The molecule has 0 bridgehead atoms. The van der Waals surface area contributed by atoms with E-state index in [1.165, 1.54) is 199 Å². The van der Waals surface area contributed by atoms with E-state index in [9.17, 15) is 0 Å². The topological polar surface area (TPSA) is 20.2 Å². The molecule has 0 aliphatic rings. The lowest BCUT2D eigenvalue weighted by molar-refractivity contribution is 0.282. The summed E-state index contributed by atoms with van der Waals surface area (Å²) in [5, 5.41) is 8.80. The van der Waals surface area contributed by atoms with Crippen LogP contribution in [0.2, 0.25) is 0 Å². The highest BCUT2D eigenvalue weighted by Crippen LogP contribution is 2.22. The number of hydrogen-bond donors (Lipinski definition) is 1. The van der Waals surface area contributed by atoms with Crippen LogP contribution in [0.3, 0.4) is 0 Å². The van der Waals surface area contributed by atoms with Crippen molar-refractivity contribution < 1.29 is 5.11 Å². The van der Waals surface area contributed by atoms with Gasteiger partial charge in [0.2, 0.25) is 0 Å². The Balaban J connectivity index is 3.25. The van der Waals surface area contributed by atoms with E-state index in [0.29, 0.717) is 6.61 Å². The van der Waals surface area contributed by atoms with E-state index < -0.39 is 0 Å². The van der Waals surface area contributed by atoms with Gasteiger partial charge in [-0.05, 0) is 12.3 Å². The van der Waals surface area contributed by atoms with Crippen LogP contribution < -0.4 is 0 Å². The van der Waals surface area contributed by atoms with Crippen LogP contribution in [0.1, 0.15) is 219 Å². The Morgan fingerprint density at radius 3 is 0.811 bits per heavy atom. The minimum Gasteiger partial charge on any atom is -0.396 e. The SMILES string of the molecule is CCCCCCCCCCCCCCCCC(CC)CCCCCCCCCCCCCCCCCO. The van der Waals surface area contributed by atoms with E-state index in [2.05, 4.69) is 13.8 Å². The summed E-state index contributed by atoms with van der Waals surface area (Å²) >= 11 is 0. The normalized spacial score (nSPS) is 12.4. The minimum absolute atomic E-state index is 0.374. The number of aliphatic hydroxyl groups is 1. The van der Waals surface area contributed by atoms with Gasteiger partial charge in [0.05, 0.1) is 0 Å². The van der Waals surface area contributed by atoms with Gasteiger partial charge >= 0.3 is 0 Å². The summed E-state index contributed by atoms with van der Waals surface area (Å²) < 4.78 is 0. The molecule has 0 saturated heterocycles. The van der Waals surface area contributed by atoms with Crippen molar-refractivity contribution in [3.8, 4) is 0 Å². The standard InChI is InChI=1S/C36H74O/c1-3-5-6-7-8-9-10-11-15-18-21-24-27-30-33-36(4-2)34-31-28-25-22-19-16-13-12-14-17-20-23-26-29-32-35-37/h36-37H,3-35H2,1-2H3. The second-order valence-electron chi connectivity index (χ2n) is 12.5. The lowest BCUT2D eigenvalue weighted by atomic mass is 9.92. The molecule has 0 fully saturated rings. The Labute approximate surface area is 236 Å². The maximum Gasteiger partial charge on any atom is 0.0431 e. The molecule has 1 heteroatoms. The van der Waals surface area contributed by atoms with Gasteiger partial charge in [-0.25, -0.2) is 0 Å². The van der Waals surface area contributed by atoms with Crippen LogP contribution in [-0.2, 0) is 0 Å². The quantitative estimate of drug-likeness (QED) is 0.0849. The maximum absolute atomic E-state index is 8.80. The van der Waals surface area contributed by atoms with Crippen LogP contribution in [0.15, 0.2) is 0 Å². The molecule has 1 unspecified atom stereocenters. The molecule has 0 radical (unpaired) electrons. The largest absolute Gasteiger partial charge is 0.396 e. The van der Waals surface area contributed by atoms with E-state index >= 15 is 0 Å². The van der Waals surface area contributed by atoms with Crippen molar-refractivity contribution in [2.75, 3.05) is 6.61 Å². The Hall–Kier alpha value is -0.0400. The number of unbranched alkanes of at least 4 members (excludes halogenated alkanes) is 27. The van der Waals surface area contributed by atoms with Gasteiger partial charge in [0.15, 0.2) is 0 Å². The van der Waals surface area contributed by atoms with Crippen molar-refractivity contribution in [3.63, 3.8) is 0 Å². The van der Waals surface area contributed by atoms with Crippen LogP contribution in [0.5, 0.6) is 0 Å². The lowest BCUT2D eigenvalue weighted by Gasteiger charge is -2.14. The first-order chi connectivity index (χ1) is 18.3. The second kappa shape index (κ2) is 34.0. The summed E-state index contributed by atoms with van der Waals surface area (Å²) in [6.07, 6.45) is 45.9. The van der Waals surface area contributed by atoms with Crippen molar-refractivity contribution in [3.05, 3.63) is 0 Å². The molecular weight excluding hydrogens is 448 g/mol. The first-order valence-corrected chi connectivity index (χ1v) is 18.0. The van der Waals surface area contributed by atoms with Gasteiger partial charge in [-0.15, -0.1) is 0 Å². The molecule has 0 aromatic carbocycles. The van der Waals surface area contributed by atoms with Gasteiger partial charge in [-0.3, -0.25) is 0 Å².